The van der Waals surface area contributed by atoms with Gasteiger partial charge in [-0.05, 0) is 37.8 Å². The third-order valence-corrected chi connectivity index (χ3v) is 5.08. The van der Waals surface area contributed by atoms with E-state index in [2.05, 4.69) is 0 Å². The van der Waals surface area contributed by atoms with Gasteiger partial charge in [-0.1, -0.05) is 18.2 Å². The standard InChI is InChI=1S/C19H22N2O3/c22-18(13-15-12-14-6-1-2-8-17(14)24-15)21-11-5-7-16(21)19(23)20-9-3-4-10-20/h1-2,6,8,12,16H,3-5,7,9-11,13H2/t16-/m1/s1. The van der Waals surface area contributed by atoms with Gasteiger partial charge in [0.15, 0.2) is 0 Å². The highest BCUT2D eigenvalue weighted by atomic mass is 16.3. The zero-order valence-corrected chi connectivity index (χ0v) is 13.7. The minimum absolute atomic E-state index is 0.0101. The van der Waals surface area contributed by atoms with Gasteiger partial charge in [-0.15, -0.1) is 0 Å². The van der Waals surface area contributed by atoms with E-state index in [9.17, 15) is 9.59 Å². The molecule has 4 rings (SSSR count). The first-order valence-electron chi connectivity index (χ1n) is 8.78. The largest absolute Gasteiger partial charge is 0.461 e. The summed E-state index contributed by atoms with van der Waals surface area (Å²) in [7, 11) is 0. The Kier molecular flexibility index (Phi) is 4.00. The number of likely N-dealkylation sites (tertiary alicyclic amines) is 2. The molecule has 1 aromatic carbocycles. The Bertz CT molecular complexity index is 728. The number of nitrogens with zero attached hydrogens (tertiary/aromatic N) is 2. The van der Waals surface area contributed by atoms with E-state index < -0.39 is 0 Å². The van der Waals surface area contributed by atoms with Gasteiger partial charge >= 0.3 is 0 Å². The van der Waals surface area contributed by atoms with Gasteiger partial charge in [0.1, 0.15) is 17.4 Å². The van der Waals surface area contributed by atoms with Crippen molar-refractivity contribution in [1.82, 2.24) is 9.80 Å². The summed E-state index contributed by atoms with van der Waals surface area (Å²) in [5.41, 5.74) is 0.798. The van der Waals surface area contributed by atoms with E-state index in [-0.39, 0.29) is 24.3 Å². The average molecular weight is 326 g/mol. The molecule has 0 radical (unpaired) electrons. The molecule has 1 atom stereocenters. The smallest absolute Gasteiger partial charge is 0.245 e. The van der Waals surface area contributed by atoms with Gasteiger partial charge in [0.05, 0.1) is 6.42 Å². The maximum Gasteiger partial charge on any atom is 0.245 e. The molecule has 1 aromatic heterocycles. The number of rotatable bonds is 3. The molecule has 0 aliphatic carbocycles. The fourth-order valence-corrected chi connectivity index (χ4v) is 3.84. The third kappa shape index (κ3) is 2.79. The van der Waals surface area contributed by atoms with Gasteiger partial charge in [0, 0.05) is 25.0 Å². The molecule has 0 bridgehead atoms. The Morgan fingerprint density at radius 3 is 2.67 bits per heavy atom. The molecule has 2 amide bonds. The number of hydrogen-bond acceptors (Lipinski definition) is 3. The maximum atomic E-state index is 12.7. The second-order valence-electron chi connectivity index (χ2n) is 6.70. The molecule has 5 heteroatoms. The zero-order chi connectivity index (χ0) is 16.5. The number of fused-ring (bicyclic) bond motifs is 1. The Labute approximate surface area is 141 Å². The van der Waals surface area contributed by atoms with Gasteiger partial charge in [-0.25, -0.2) is 0 Å². The monoisotopic (exact) mass is 326 g/mol. The first-order valence-corrected chi connectivity index (χ1v) is 8.78. The first kappa shape index (κ1) is 15.2. The van der Waals surface area contributed by atoms with Crippen LogP contribution >= 0.6 is 0 Å². The van der Waals surface area contributed by atoms with Crippen molar-refractivity contribution in [2.45, 2.75) is 38.1 Å². The summed E-state index contributed by atoms with van der Waals surface area (Å²) in [5, 5.41) is 1.01. The molecule has 2 saturated heterocycles. The van der Waals surface area contributed by atoms with Crippen molar-refractivity contribution >= 4 is 22.8 Å². The van der Waals surface area contributed by atoms with Gasteiger partial charge in [0.2, 0.25) is 11.8 Å². The Morgan fingerprint density at radius 1 is 1.08 bits per heavy atom. The molecule has 0 unspecified atom stereocenters. The highest BCUT2D eigenvalue weighted by Gasteiger charge is 2.37. The van der Waals surface area contributed by atoms with Gasteiger partial charge < -0.3 is 14.2 Å². The molecule has 3 heterocycles. The van der Waals surface area contributed by atoms with Crippen molar-refractivity contribution < 1.29 is 14.0 Å². The molecule has 126 valence electrons. The lowest BCUT2D eigenvalue weighted by molar-refractivity contribution is -0.143. The Balaban J connectivity index is 1.47. The van der Waals surface area contributed by atoms with Crippen molar-refractivity contribution in [2.24, 2.45) is 0 Å². The summed E-state index contributed by atoms with van der Waals surface area (Å²) in [4.78, 5) is 29.1. The number of furan rings is 1. The van der Waals surface area contributed by atoms with E-state index in [1.807, 2.05) is 35.2 Å². The van der Waals surface area contributed by atoms with Crippen molar-refractivity contribution in [1.29, 1.82) is 0 Å². The molecule has 24 heavy (non-hydrogen) atoms. The van der Waals surface area contributed by atoms with E-state index in [0.717, 1.165) is 49.7 Å². The predicted octanol–water partition coefficient (Wildman–Crippen LogP) is 2.59. The van der Waals surface area contributed by atoms with Gasteiger partial charge in [-0.2, -0.15) is 0 Å². The number of para-hydroxylation sites is 1. The van der Waals surface area contributed by atoms with Crippen LogP contribution in [0.5, 0.6) is 0 Å². The molecule has 2 aliphatic heterocycles. The lowest BCUT2D eigenvalue weighted by Gasteiger charge is -2.27. The molecule has 0 spiro atoms. The minimum Gasteiger partial charge on any atom is -0.461 e. The maximum absolute atomic E-state index is 12.7. The van der Waals surface area contributed by atoms with E-state index in [0.29, 0.717) is 12.3 Å². The van der Waals surface area contributed by atoms with Crippen LogP contribution in [0.3, 0.4) is 0 Å². The summed E-state index contributed by atoms with van der Waals surface area (Å²) in [5.74, 6) is 0.785. The van der Waals surface area contributed by atoms with Gasteiger partial charge in [-0.3, -0.25) is 9.59 Å². The van der Waals surface area contributed by atoms with Crippen molar-refractivity contribution in [3.63, 3.8) is 0 Å². The molecular formula is C19H22N2O3. The SMILES string of the molecule is O=C([C@H]1CCCN1C(=O)Cc1cc2ccccc2o1)N1CCCC1. The van der Waals surface area contributed by atoms with E-state index >= 15 is 0 Å². The van der Waals surface area contributed by atoms with Crippen LogP contribution in [0.15, 0.2) is 34.7 Å². The summed E-state index contributed by atoms with van der Waals surface area (Å²) < 4.78 is 5.75. The number of carbonyl (C=O) groups is 2. The lowest BCUT2D eigenvalue weighted by atomic mass is 10.1. The fourth-order valence-electron chi connectivity index (χ4n) is 3.84. The second kappa shape index (κ2) is 6.30. The number of hydrogen-bond donors (Lipinski definition) is 0. The van der Waals surface area contributed by atoms with Crippen molar-refractivity contribution in [3.05, 3.63) is 36.1 Å². The number of benzene rings is 1. The van der Waals surface area contributed by atoms with Crippen molar-refractivity contribution in [3.8, 4) is 0 Å². The van der Waals surface area contributed by atoms with Crippen LogP contribution in [-0.4, -0.2) is 47.3 Å². The molecule has 5 nitrogen and oxygen atoms in total. The van der Waals surface area contributed by atoms with Crippen LogP contribution in [-0.2, 0) is 16.0 Å². The summed E-state index contributed by atoms with van der Waals surface area (Å²) >= 11 is 0. The summed E-state index contributed by atoms with van der Waals surface area (Å²) in [6.45, 7) is 2.34. The molecule has 2 aromatic rings. The Hall–Kier alpha value is -2.30. The van der Waals surface area contributed by atoms with E-state index in [1.165, 1.54) is 0 Å². The number of amides is 2. The normalized spacial score (nSPS) is 20.9. The second-order valence-corrected chi connectivity index (χ2v) is 6.70. The van der Waals surface area contributed by atoms with Crippen LogP contribution in [0.2, 0.25) is 0 Å². The topological polar surface area (TPSA) is 53.8 Å². The van der Waals surface area contributed by atoms with Crippen LogP contribution < -0.4 is 0 Å². The molecular weight excluding hydrogens is 304 g/mol. The van der Waals surface area contributed by atoms with Crippen LogP contribution in [0.4, 0.5) is 0 Å². The predicted molar refractivity (Wildman–Crippen MR) is 90.5 cm³/mol. The highest BCUT2D eigenvalue weighted by Crippen LogP contribution is 2.24. The minimum atomic E-state index is -0.278. The van der Waals surface area contributed by atoms with Crippen molar-refractivity contribution in [2.75, 3.05) is 19.6 Å². The quantitative estimate of drug-likeness (QED) is 0.871. The van der Waals surface area contributed by atoms with Crippen LogP contribution in [0.25, 0.3) is 11.0 Å². The third-order valence-electron chi connectivity index (χ3n) is 5.08. The van der Waals surface area contributed by atoms with Gasteiger partial charge in [0.25, 0.3) is 0 Å². The van der Waals surface area contributed by atoms with Crippen LogP contribution in [0, 0.1) is 0 Å². The Morgan fingerprint density at radius 2 is 1.88 bits per heavy atom. The van der Waals surface area contributed by atoms with Crippen LogP contribution in [0.1, 0.15) is 31.4 Å². The molecule has 2 aliphatic rings. The lowest BCUT2D eigenvalue weighted by Crippen LogP contribution is -2.47. The number of carbonyl (C=O) groups excluding carboxylic acids is 2. The summed E-state index contributed by atoms with van der Waals surface area (Å²) in [6, 6.07) is 9.39. The summed E-state index contributed by atoms with van der Waals surface area (Å²) in [6.07, 6.45) is 4.05. The molecule has 2 fully saturated rings. The zero-order valence-electron chi connectivity index (χ0n) is 13.7. The first-order chi connectivity index (χ1) is 11.7. The average Bonchev–Trinajstić information content (AvgIpc) is 3.32. The van der Waals surface area contributed by atoms with E-state index in [4.69, 9.17) is 4.42 Å². The molecule has 0 saturated carbocycles. The molecule has 0 N–H and O–H groups in total. The van der Waals surface area contributed by atoms with E-state index in [1.54, 1.807) is 4.90 Å². The highest BCUT2D eigenvalue weighted by molar-refractivity contribution is 5.89. The fraction of sp³-hybridized carbons (Fsp3) is 0.474.